The first-order chi connectivity index (χ1) is 8.63. The van der Waals surface area contributed by atoms with Crippen molar-refractivity contribution >= 4 is 56.2 Å². The van der Waals surface area contributed by atoms with Gasteiger partial charge in [0.15, 0.2) is 0 Å². The number of halogens is 2. The Morgan fingerprint density at radius 3 is 3.06 bits per heavy atom. The summed E-state index contributed by atoms with van der Waals surface area (Å²) in [6.45, 7) is 0. The molecule has 0 aliphatic heterocycles. The fourth-order valence-corrected chi connectivity index (χ4v) is 3.28. The molecule has 0 amide bonds. The number of fused-ring (bicyclic) bond motifs is 1. The van der Waals surface area contributed by atoms with Crippen molar-refractivity contribution in [2.75, 3.05) is 12.9 Å². The van der Waals surface area contributed by atoms with Crippen molar-refractivity contribution in [3.05, 3.63) is 27.8 Å². The number of hydrogen-bond donors (Lipinski definition) is 1. The van der Waals surface area contributed by atoms with Crippen LogP contribution in [0, 0.1) is 0 Å². The fourth-order valence-electron chi connectivity index (χ4n) is 1.57. The van der Waals surface area contributed by atoms with Crippen LogP contribution in [0.3, 0.4) is 0 Å². The summed E-state index contributed by atoms with van der Waals surface area (Å²) in [5.74, 6) is 0.446. The maximum atomic E-state index is 11.0. The Balaban J connectivity index is 2.14. The summed E-state index contributed by atoms with van der Waals surface area (Å²) in [4.78, 5) is 15.1. The minimum Gasteiger partial charge on any atom is -0.469 e. The van der Waals surface area contributed by atoms with E-state index in [1.807, 2.05) is 18.3 Å². The lowest BCUT2D eigenvalue weighted by atomic mass is 10.2. The van der Waals surface area contributed by atoms with Crippen LogP contribution in [-0.4, -0.2) is 23.8 Å². The summed E-state index contributed by atoms with van der Waals surface area (Å²) in [5, 5.41) is 1.74. The Bertz CT molecular complexity index is 585. The van der Waals surface area contributed by atoms with Crippen LogP contribution in [-0.2, 0) is 9.53 Å². The number of methoxy groups -OCH3 is 1. The number of ether oxygens (including phenoxy) is 1. The van der Waals surface area contributed by atoms with Crippen molar-refractivity contribution in [2.45, 2.75) is 11.3 Å². The number of benzene rings is 1. The van der Waals surface area contributed by atoms with E-state index in [2.05, 4.69) is 25.7 Å². The SMILES string of the molecule is COC(=O)CCSc1ccc2c(Br)c[nH]c2c1Cl. The number of rotatable bonds is 4. The predicted molar refractivity (Wildman–Crippen MR) is 78.4 cm³/mol. The highest BCUT2D eigenvalue weighted by Gasteiger charge is 2.10. The molecule has 3 nitrogen and oxygen atoms in total. The monoisotopic (exact) mass is 347 g/mol. The van der Waals surface area contributed by atoms with Gasteiger partial charge in [0.25, 0.3) is 0 Å². The van der Waals surface area contributed by atoms with E-state index in [0.717, 1.165) is 20.3 Å². The van der Waals surface area contributed by atoms with Crippen molar-refractivity contribution in [3.8, 4) is 0 Å². The molecule has 0 aliphatic carbocycles. The second-order valence-corrected chi connectivity index (χ2v) is 5.98. The van der Waals surface area contributed by atoms with Gasteiger partial charge < -0.3 is 9.72 Å². The number of H-pyrrole nitrogens is 1. The number of nitrogens with one attached hydrogen (secondary N) is 1. The first-order valence-electron chi connectivity index (χ1n) is 5.28. The van der Waals surface area contributed by atoms with Gasteiger partial charge >= 0.3 is 5.97 Å². The quantitative estimate of drug-likeness (QED) is 0.664. The van der Waals surface area contributed by atoms with Crippen LogP contribution >= 0.6 is 39.3 Å². The van der Waals surface area contributed by atoms with E-state index in [1.54, 1.807) is 11.8 Å². The smallest absolute Gasteiger partial charge is 0.306 e. The zero-order valence-corrected chi connectivity index (χ0v) is 12.8. The van der Waals surface area contributed by atoms with Gasteiger partial charge in [0.05, 0.1) is 24.1 Å². The Kier molecular flexibility index (Phi) is 4.59. The summed E-state index contributed by atoms with van der Waals surface area (Å²) in [5.41, 5.74) is 0.909. The number of carbonyl (C=O) groups excluding carboxylic acids is 1. The molecule has 1 heterocycles. The first kappa shape index (κ1) is 13.8. The summed E-state index contributed by atoms with van der Waals surface area (Å²) in [6.07, 6.45) is 2.24. The highest BCUT2D eigenvalue weighted by molar-refractivity contribution is 9.10. The predicted octanol–water partition coefficient (Wildman–Crippen LogP) is 4.24. The second-order valence-electron chi connectivity index (χ2n) is 3.61. The van der Waals surface area contributed by atoms with E-state index in [9.17, 15) is 4.79 Å². The van der Waals surface area contributed by atoms with E-state index in [1.165, 1.54) is 7.11 Å². The van der Waals surface area contributed by atoms with E-state index in [0.29, 0.717) is 17.2 Å². The van der Waals surface area contributed by atoms with Crippen LogP contribution in [0.25, 0.3) is 10.9 Å². The molecule has 0 atom stereocenters. The third kappa shape index (κ3) is 2.84. The molecule has 0 saturated heterocycles. The summed E-state index contributed by atoms with van der Waals surface area (Å²) in [7, 11) is 1.39. The van der Waals surface area contributed by atoms with E-state index in [-0.39, 0.29) is 5.97 Å². The minimum absolute atomic E-state index is 0.206. The third-order valence-electron chi connectivity index (χ3n) is 2.50. The number of thioether (sulfide) groups is 1. The molecule has 2 rings (SSSR count). The highest BCUT2D eigenvalue weighted by atomic mass is 79.9. The highest BCUT2D eigenvalue weighted by Crippen LogP contribution is 2.36. The van der Waals surface area contributed by atoms with E-state index < -0.39 is 0 Å². The largest absolute Gasteiger partial charge is 0.469 e. The third-order valence-corrected chi connectivity index (χ3v) is 4.72. The molecule has 1 N–H and O–H groups in total. The lowest BCUT2D eigenvalue weighted by molar-refractivity contribution is -0.140. The van der Waals surface area contributed by atoms with Crippen molar-refractivity contribution < 1.29 is 9.53 Å². The number of aromatic amines is 1. The normalized spacial score (nSPS) is 10.8. The van der Waals surface area contributed by atoms with Gasteiger partial charge in [-0.1, -0.05) is 17.7 Å². The van der Waals surface area contributed by atoms with Crippen LogP contribution in [0.15, 0.2) is 27.7 Å². The Morgan fingerprint density at radius 2 is 2.33 bits per heavy atom. The molecular weight excluding hydrogens is 338 g/mol. The molecule has 0 saturated carbocycles. The maximum absolute atomic E-state index is 11.0. The van der Waals surface area contributed by atoms with Crippen molar-refractivity contribution in [1.82, 2.24) is 4.98 Å². The van der Waals surface area contributed by atoms with E-state index >= 15 is 0 Å². The van der Waals surface area contributed by atoms with Gasteiger partial charge in [0, 0.05) is 26.7 Å². The molecule has 1 aromatic carbocycles. The lowest BCUT2D eigenvalue weighted by Gasteiger charge is -2.05. The maximum Gasteiger partial charge on any atom is 0.306 e. The zero-order valence-electron chi connectivity index (χ0n) is 9.63. The Hall–Kier alpha value is -0.650. The van der Waals surface area contributed by atoms with Gasteiger partial charge in [0.1, 0.15) is 0 Å². The fraction of sp³-hybridized carbons (Fsp3) is 0.250. The summed E-state index contributed by atoms with van der Waals surface area (Å²) in [6, 6.07) is 3.97. The molecule has 0 aliphatic rings. The van der Waals surface area contributed by atoms with Crippen LogP contribution in [0.4, 0.5) is 0 Å². The average Bonchev–Trinajstić information content (AvgIpc) is 2.74. The van der Waals surface area contributed by atoms with Crippen molar-refractivity contribution in [3.63, 3.8) is 0 Å². The molecule has 6 heteroatoms. The van der Waals surface area contributed by atoms with Gasteiger partial charge in [-0.15, -0.1) is 11.8 Å². The Morgan fingerprint density at radius 1 is 1.56 bits per heavy atom. The minimum atomic E-state index is -0.206. The molecule has 1 aromatic heterocycles. The standard InChI is InChI=1S/C12H11BrClNO2S/c1-17-10(16)4-5-18-9-3-2-7-8(13)6-15-12(7)11(9)14/h2-3,6,15H,4-5H2,1H3. The molecule has 0 radical (unpaired) electrons. The van der Waals surface area contributed by atoms with Gasteiger partial charge in [0.2, 0.25) is 0 Å². The van der Waals surface area contributed by atoms with Crippen molar-refractivity contribution in [1.29, 1.82) is 0 Å². The molecule has 96 valence electrons. The second kappa shape index (κ2) is 5.99. The molecule has 0 spiro atoms. The summed E-state index contributed by atoms with van der Waals surface area (Å²) >= 11 is 11.3. The van der Waals surface area contributed by atoms with Gasteiger partial charge in [-0.3, -0.25) is 4.79 Å². The molecule has 0 fully saturated rings. The van der Waals surface area contributed by atoms with Crippen LogP contribution < -0.4 is 0 Å². The first-order valence-corrected chi connectivity index (χ1v) is 7.44. The number of hydrogen-bond acceptors (Lipinski definition) is 3. The zero-order chi connectivity index (χ0) is 13.1. The number of aromatic nitrogens is 1. The van der Waals surface area contributed by atoms with Gasteiger partial charge in [-0.05, 0) is 22.0 Å². The molecule has 2 aromatic rings. The molecule has 0 bridgehead atoms. The molecular formula is C12H11BrClNO2S. The van der Waals surface area contributed by atoms with Crippen LogP contribution in [0.1, 0.15) is 6.42 Å². The van der Waals surface area contributed by atoms with Gasteiger partial charge in [-0.25, -0.2) is 0 Å². The van der Waals surface area contributed by atoms with Crippen LogP contribution in [0.2, 0.25) is 5.02 Å². The van der Waals surface area contributed by atoms with Crippen LogP contribution in [0.5, 0.6) is 0 Å². The Labute approximate surface area is 122 Å². The van der Waals surface area contributed by atoms with E-state index in [4.69, 9.17) is 11.6 Å². The topological polar surface area (TPSA) is 42.1 Å². The number of carbonyl (C=O) groups is 1. The molecule has 18 heavy (non-hydrogen) atoms. The summed E-state index contributed by atoms with van der Waals surface area (Å²) < 4.78 is 5.59. The number of esters is 1. The average molecular weight is 349 g/mol. The van der Waals surface area contributed by atoms with Gasteiger partial charge in [-0.2, -0.15) is 0 Å². The van der Waals surface area contributed by atoms with Crippen molar-refractivity contribution in [2.24, 2.45) is 0 Å². The molecule has 0 unspecified atom stereocenters. The lowest BCUT2D eigenvalue weighted by Crippen LogP contribution is -2.00.